The largest absolute Gasteiger partial charge is 0.497 e. The number of nitrogens with two attached hydrogens (primary N) is 1. The molecule has 0 bridgehead atoms. The second-order valence-electron chi connectivity index (χ2n) is 4.46. The van der Waals surface area contributed by atoms with Crippen LogP contribution in [-0.4, -0.2) is 19.5 Å². The fourth-order valence-corrected chi connectivity index (χ4v) is 1.87. The Morgan fingerprint density at radius 3 is 2.35 bits per heavy atom. The van der Waals surface area contributed by atoms with Crippen LogP contribution >= 0.6 is 0 Å². The van der Waals surface area contributed by atoms with Crippen LogP contribution in [0, 0.1) is 6.92 Å². The molecule has 4 nitrogen and oxygen atoms in total. The Bertz CT molecular complexity index is 606. The van der Waals surface area contributed by atoms with Gasteiger partial charge in [-0.25, -0.2) is 0 Å². The first-order chi connectivity index (χ1) is 9.60. The molecule has 0 heterocycles. The number of Topliss-reactive ketones (excluding diaryl/α,β-unsaturated/α-hetero) is 1. The molecule has 0 amide bonds. The summed E-state index contributed by atoms with van der Waals surface area (Å²) in [7, 11) is 1.60. The van der Waals surface area contributed by atoms with E-state index < -0.39 is 0 Å². The number of methoxy groups -OCH3 is 1. The maximum atomic E-state index is 12.1. The number of rotatable bonds is 5. The fraction of sp³-hybridized carbons (Fsp3) is 0.188. The molecule has 0 radical (unpaired) electrons. The van der Waals surface area contributed by atoms with E-state index in [9.17, 15) is 4.79 Å². The second kappa shape index (κ2) is 6.10. The molecular formula is C16H17NO3. The third-order valence-electron chi connectivity index (χ3n) is 2.98. The zero-order chi connectivity index (χ0) is 14.5. The maximum Gasteiger partial charge on any atom is 0.200 e. The van der Waals surface area contributed by atoms with E-state index in [2.05, 4.69) is 0 Å². The van der Waals surface area contributed by atoms with Crippen molar-refractivity contribution >= 4 is 11.5 Å². The van der Waals surface area contributed by atoms with Gasteiger partial charge in [0.2, 0.25) is 0 Å². The van der Waals surface area contributed by atoms with E-state index in [0.717, 1.165) is 11.3 Å². The van der Waals surface area contributed by atoms with Crippen LogP contribution in [-0.2, 0) is 0 Å². The van der Waals surface area contributed by atoms with Gasteiger partial charge in [-0.2, -0.15) is 0 Å². The Morgan fingerprint density at radius 2 is 1.75 bits per heavy atom. The monoisotopic (exact) mass is 271 g/mol. The number of hydrogen-bond acceptors (Lipinski definition) is 4. The Hall–Kier alpha value is -2.49. The van der Waals surface area contributed by atoms with Crippen molar-refractivity contribution in [3.63, 3.8) is 0 Å². The molecule has 4 heteroatoms. The molecule has 0 unspecified atom stereocenters. The van der Waals surface area contributed by atoms with E-state index >= 15 is 0 Å². The predicted molar refractivity (Wildman–Crippen MR) is 78.4 cm³/mol. The second-order valence-corrected chi connectivity index (χ2v) is 4.46. The minimum Gasteiger partial charge on any atom is -0.497 e. The van der Waals surface area contributed by atoms with Crippen molar-refractivity contribution in [2.24, 2.45) is 0 Å². The number of benzene rings is 2. The topological polar surface area (TPSA) is 61.5 Å². The van der Waals surface area contributed by atoms with Crippen LogP contribution in [0.2, 0.25) is 0 Å². The Balaban J connectivity index is 2.03. The SMILES string of the molecule is COc1ccc(C(=O)COc2ccc(N)cc2)c(C)c1. The minimum absolute atomic E-state index is 0.00289. The van der Waals surface area contributed by atoms with Crippen molar-refractivity contribution in [3.8, 4) is 11.5 Å². The number of anilines is 1. The van der Waals surface area contributed by atoms with Gasteiger partial charge < -0.3 is 15.2 Å². The van der Waals surface area contributed by atoms with Gasteiger partial charge in [0.15, 0.2) is 12.4 Å². The third kappa shape index (κ3) is 3.29. The van der Waals surface area contributed by atoms with Crippen molar-refractivity contribution in [2.75, 3.05) is 19.5 Å². The van der Waals surface area contributed by atoms with Gasteiger partial charge in [-0.05, 0) is 55.0 Å². The van der Waals surface area contributed by atoms with E-state index in [0.29, 0.717) is 17.0 Å². The summed E-state index contributed by atoms with van der Waals surface area (Å²) >= 11 is 0. The molecule has 0 aliphatic carbocycles. The molecule has 2 N–H and O–H groups in total. The maximum absolute atomic E-state index is 12.1. The van der Waals surface area contributed by atoms with Gasteiger partial charge in [-0.15, -0.1) is 0 Å². The third-order valence-corrected chi connectivity index (χ3v) is 2.98. The van der Waals surface area contributed by atoms with Crippen LogP contribution in [0.5, 0.6) is 11.5 Å². The molecule has 0 aliphatic rings. The van der Waals surface area contributed by atoms with Gasteiger partial charge in [0.05, 0.1) is 7.11 Å². The highest BCUT2D eigenvalue weighted by molar-refractivity contribution is 5.98. The zero-order valence-electron chi connectivity index (χ0n) is 11.6. The van der Waals surface area contributed by atoms with Gasteiger partial charge in [0.1, 0.15) is 11.5 Å². The molecule has 104 valence electrons. The van der Waals surface area contributed by atoms with Gasteiger partial charge in [0.25, 0.3) is 0 Å². The van der Waals surface area contributed by atoms with E-state index in [1.54, 1.807) is 43.5 Å². The predicted octanol–water partition coefficient (Wildman–Crippen LogP) is 2.85. The van der Waals surface area contributed by atoms with Gasteiger partial charge in [0, 0.05) is 11.3 Å². The summed E-state index contributed by atoms with van der Waals surface area (Å²) in [6.07, 6.45) is 0. The van der Waals surface area contributed by atoms with Gasteiger partial charge >= 0.3 is 0 Å². The molecule has 0 aliphatic heterocycles. The molecule has 0 saturated carbocycles. The van der Waals surface area contributed by atoms with Gasteiger partial charge in [-0.3, -0.25) is 4.79 Å². The molecule has 2 rings (SSSR count). The van der Waals surface area contributed by atoms with E-state index in [1.165, 1.54) is 0 Å². The lowest BCUT2D eigenvalue weighted by atomic mass is 10.0. The first-order valence-corrected chi connectivity index (χ1v) is 6.26. The van der Waals surface area contributed by atoms with Crippen LogP contribution in [0.1, 0.15) is 15.9 Å². The average Bonchev–Trinajstić information content (AvgIpc) is 2.46. The quantitative estimate of drug-likeness (QED) is 0.671. The molecule has 0 spiro atoms. The number of carbonyl (C=O) groups excluding carboxylic acids is 1. The summed E-state index contributed by atoms with van der Waals surface area (Å²) in [5, 5.41) is 0. The van der Waals surface area contributed by atoms with Crippen LogP contribution < -0.4 is 15.2 Å². The van der Waals surface area contributed by atoms with Crippen molar-refractivity contribution in [2.45, 2.75) is 6.92 Å². The average molecular weight is 271 g/mol. The Kier molecular flexibility index (Phi) is 4.25. The number of ether oxygens (including phenoxy) is 2. The van der Waals surface area contributed by atoms with Crippen molar-refractivity contribution in [3.05, 3.63) is 53.6 Å². The highest BCUT2D eigenvalue weighted by atomic mass is 16.5. The standard InChI is InChI=1S/C16H17NO3/c1-11-9-14(19-2)7-8-15(11)16(18)10-20-13-5-3-12(17)4-6-13/h3-9H,10,17H2,1-2H3. The molecule has 2 aromatic rings. The summed E-state index contributed by atoms with van der Waals surface area (Å²) in [6.45, 7) is 1.87. The highest BCUT2D eigenvalue weighted by Gasteiger charge is 2.10. The Morgan fingerprint density at radius 1 is 1.10 bits per heavy atom. The van der Waals surface area contributed by atoms with Crippen LogP contribution in [0.15, 0.2) is 42.5 Å². The fourth-order valence-electron chi connectivity index (χ4n) is 1.87. The van der Waals surface area contributed by atoms with Crippen molar-refractivity contribution in [1.29, 1.82) is 0 Å². The number of carbonyl (C=O) groups is 1. The normalized spacial score (nSPS) is 10.1. The van der Waals surface area contributed by atoms with Crippen molar-refractivity contribution in [1.82, 2.24) is 0 Å². The molecule has 0 aromatic heterocycles. The lowest BCUT2D eigenvalue weighted by molar-refractivity contribution is 0.0921. The summed E-state index contributed by atoms with van der Waals surface area (Å²) in [5.41, 5.74) is 7.76. The molecule has 0 atom stereocenters. The molecule has 20 heavy (non-hydrogen) atoms. The summed E-state index contributed by atoms with van der Waals surface area (Å²) < 4.78 is 10.6. The van der Waals surface area contributed by atoms with Crippen molar-refractivity contribution < 1.29 is 14.3 Å². The summed E-state index contributed by atoms with van der Waals surface area (Å²) in [5.74, 6) is 1.29. The summed E-state index contributed by atoms with van der Waals surface area (Å²) in [4.78, 5) is 12.1. The van der Waals surface area contributed by atoms with E-state index in [4.69, 9.17) is 15.2 Å². The smallest absolute Gasteiger partial charge is 0.200 e. The molecule has 0 saturated heterocycles. The number of ketones is 1. The first kappa shape index (κ1) is 13.9. The summed E-state index contributed by atoms with van der Waals surface area (Å²) in [6, 6.07) is 12.3. The minimum atomic E-state index is -0.0676. The Labute approximate surface area is 118 Å². The lowest BCUT2D eigenvalue weighted by Gasteiger charge is -2.09. The highest BCUT2D eigenvalue weighted by Crippen LogP contribution is 2.18. The first-order valence-electron chi connectivity index (χ1n) is 6.26. The molecule has 0 fully saturated rings. The van der Waals surface area contributed by atoms with E-state index in [-0.39, 0.29) is 12.4 Å². The van der Waals surface area contributed by atoms with Crippen LogP contribution in [0.4, 0.5) is 5.69 Å². The number of hydrogen-bond donors (Lipinski definition) is 1. The van der Waals surface area contributed by atoms with Gasteiger partial charge in [-0.1, -0.05) is 0 Å². The van der Waals surface area contributed by atoms with E-state index in [1.807, 2.05) is 13.0 Å². The van der Waals surface area contributed by atoms with Crippen LogP contribution in [0.3, 0.4) is 0 Å². The molecular weight excluding hydrogens is 254 g/mol. The number of aryl methyl sites for hydroxylation is 1. The zero-order valence-corrected chi connectivity index (χ0v) is 11.6. The number of nitrogen functional groups attached to an aromatic ring is 1. The lowest BCUT2D eigenvalue weighted by Crippen LogP contribution is -2.13. The van der Waals surface area contributed by atoms with Crippen LogP contribution in [0.25, 0.3) is 0 Å². The molecule has 2 aromatic carbocycles.